The summed E-state index contributed by atoms with van der Waals surface area (Å²) in [7, 11) is 0. The van der Waals surface area contributed by atoms with E-state index in [1.54, 1.807) is 30.3 Å². The molecule has 1 saturated carbocycles. The first kappa shape index (κ1) is 33.3. The molecule has 0 N–H and O–H groups in total. The molecule has 0 nitrogen and oxygen atoms in total. The lowest BCUT2D eigenvalue weighted by molar-refractivity contribution is 0.190. The van der Waals surface area contributed by atoms with Crippen molar-refractivity contribution < 1.29 is 13.2 Å². The maximum Gasteiger partial charge on any atom is 0.166 e. The first-order valence-electron chi connectivity index (χ1n) is 17.7. The van der Waals surface area contributed by atoms with Gasteiger partial charge in [-0.05, 0) is 116 Å². The van der Waals surface area contributed by atoms with Gasteiger partial charge in [0.15, 0.2) is 11.6 Å². The molecule has 0 radical (unpaired) electrons. The molecule has 0 bridgehead atoms. The van der Waals surface area contributed by atoms with Gasteiger partial charge in [0.1, 0.15) is 5.82 Å². The van der Waals surface area contributed by atoms with Crippen molar-refractivity contribution in [2.24, 2.45) is 17.8 Å². The number of aryl methyl sites for hydroxylation is 1. The van der Waals surface area contributed by atoms with Gasteiger partial charge in [0, 0.05) is 11.1 Å². The molecule has 1 unspecified atom stereocenters. The average molecular weight is 613 g/mol. The summed E-state index contributed by atoms with van der Waals surface area (Å²) in [4.78, 5) is 0. The van der Waals surface area contributed by atoms with Gasteiger partial charge < -0.3 is 0 Å². The molecule has 1 fully saturated rings. The lowest BCUT2D eigenvalue weighted by Gasteiger charge is -2.35. The maximum absolute atomic E-state index is 15.4. The lowest BCUT2D eigenvalue weighted by atomic mass is 9.70. The van der Waals surface area contributed by atoms with Crippen LogP contribution in [0.1, 0.15) is 115 Å². The monoisotopic (exact) mass is 612 g/mol. The van der Waals surface area contributed by atoms with Crippen molar-refractivity contribution in [2.45, 2.75) is 110 Å². The SMILES string of the molecule is C/C=C/CCC1CCC(C2CC=C(c3ccc(-c4ccc(-c5ccc(CCCCCCC)c(F)c5F)cc4)cc3F)CC2)CC1. The number of hydrogen-bond donors (Lipinski definition) is 0. The summed E-state index contributed by atoms with van der Waals surface area (Å²) in [6.07, 6.45) is 23.8. The molecule has 1 atom stereocenters. The van der Waals surface area contributed by atoms with Gasteiger partial charge in [-0.2, -0.15) is 0 Å². The van der Waals surface area contributed by atoms with E-state index < -0.39 is 11.6 Å². The molecule has 2 aliphatic carbocycles. The zero-order valence-corrected chi connectivity index (χ0v) is 27.4. The summed E-state index contributed by atoms with van der Waals surface area (Å²) in [5.74, 6) is 0.717. The topological polar surface area (TPSA) is 0 Å². The molecule has 0 aliphatic heterocycles. The van der Waals surface area contributed by atoms with E-state index in [2.05, 4.69) is 32.1 Å². The number of hydrogen-bond acceptors (Lipinski definition) is 0. The molecule has 0 saturated heterocycles. The highest BCUT2D eigenvalue weighted by Crippen LogP contribution is 2.42. The molecule has 0 heterocycles. The van der Waals surface area contributed by atoms with E-state index in [0.717, 1.165) is 79.4 Å². The standard InChI is InChI=1S/C42H51F3/c1-3-5-7-8-10-12-36-25-28-39(42(45)41(36)44)35-23-19-33(20-24-35)37-26-27-38(40(43)29-37)34-21-17-32(18-22-34)31-15-13-30(14-16-31)11-9-6-4-2/h4,6,19-21,23-32H,3,5,7-18,22H2,1-2H3/b6-4+. The van der Waals surface area contributed by atoms with E-state index in [9.17, 15) is 4.39 Å². The van der Waals surface area contributed by atoms with Gasteiger partial charge in [-0.3, -0.25) is 0 Å². The molecule has 45 heavy (non-hydrogen) atoms. The molecular formula is C42H51F3. The normalized spacial score (nSPS) is 20.5. The van der Waals surface area contributed by atoms with Gasteiger partial charge in [-0.1, -0.05) is 112 Å². The molecule has 0 spiro atoms. The summed E-state index contributed by atoms with van der Waals surface area (Å²) >= 11 is 0. The van der Waals surface area contributed by atoms with E-state index >= 15 is 8.78 Å². The molecule has 0 amide bonds. The van der Waals surface area contributed by atoms with Gasteiger partial charge >= 0.3 is 0 Å². The van der Waals surface area contributed by atoms with Crippen LogP contribution in [0.5, 0.6) is 0 Å². The average Bonchev–Trinajstić information content (AvgIpc) is 3.07. The van der Waals surface area contributed by atoms with Crippen LogP contribution in [-0.2, 0) is 6.42 Å². The Labute approximate surface area is 269 Å². The van der Waals surface area contributed by atoms with Crippen LogP contribution in [0.4, 0.5) is 13.2 Å². The van der Waals surface area contributed by atoms with Crippen LogP contribution in [0.25, 0.3) is 27.8 Å². The molecular weight excluding hydrogens is 561 g/mol. The second-order valence-corrected chi connectivity index (χ2v) is 13.5. The van der Waals surface area contributed by atoms with Crippen molar-refractivity contribution in [2.75, 3.05) is 0 Å². The Hall–Kier alpha value is -3.07. The number of rotatable bonds is 13. The highest BCUT2D eigenvalue weighted by Gasteiger charge is 2.29. The highest BCUT2D eigenvalue weighted by atomic mass is 19.2. The van der Waals surface area contributed by atoms with Crippen LogP contribution in [0.2, 0.25) is 0 Å². The second kappa shape index (κ2) is 16.5. The molecule has 3 aromatic rings. The van der Waals surface area contributed by atoms with E-state index in [1.165, 1.54) is 44.9 Å². The summed E-state index contributed by atoms with van der Waals surface area (Å²) in [6, 6.07) is 16.2. The van der Waals surface area contributed by atoms with Crippen LogP contribution < -0.4 is 0 Å². The minimum atomic E-state index is -0.792. The van der Waals surface area contributed by atoms with Crippen molar-refractivity contribution in [1.29, 1.82) is 0 Å². The van der Waals surface area contributed by atoms with Crippen molar-refractivity contribution in [3.8, 4) is 22.3 Å². The fraction of sp³-hybridized carbons (Fsp3) is 0.476. The fourth-order valence-corrected chi connectivity index (χ4v) is 7.70. The van der Waals surface area contributed by atoms with Gasteiger partial charge in [0.25, 0.3) is 0 Å². The smallest absolute Gasteiger partial charge is 0.166 e. The van der Waals surface area contributed by atoms with Crippen molar-refractivity contribution in [1.82, 2.24) is 0 Å². The van der Waals surface area contributed by atoms with E-state index in [-0.39, 0.29) is 11.4 Å². The van der Waals surface area contributed by atoms with Crippen LogP contribution in [-0.4, -0.2) is 0 Å². The van der Waals surface area contributed by atoms with Gasteiger partial charge in [0.2, 0.25) is 0 Å². The van der Waals surface area contributed by atoms with Gasteiger partial charge in [-0.25, -0.2) is 13.2 Å². The Bertz CT molecular complexity index is 1440. The molecule has 5 rings (SSSR count). The van der Waals surface area contributed by atoms with Crippen molar-refractivity contribution >= 4 is 5.57 Å². The summed E-state index contributed by atoms with van der Waals surface area (Å²) in [5, 5.41) is 0. The molecule has 3 heteroatoms. The molecule has 0 aromatic heterocycles. The van der Waals surface area contributed by atoms with Crippen molar-refractivity contribution in [3.05, 3.63) is 101 Å². The van der Waals surface area contributed by atoms with Crippen LogP contribution in [0.3, 0.4) is 0 Å². The third-order valence-electron chi connectivity index (χ3n) is 10.5. The van der Waals surface area contributed by atoms with Gasteiger partial charge in [-0.15, -0.1) is 0 Å². The molecule has 2 aliphatic rings. The second-order valence-electron chi connectivity index (χ2n) is 13.5. The van der Waals surface area contributed by atoms with Gasteiger partial charge in [0.05, 0.1) is 0 Å². The highest BCUT2D eigenvalue weighted by molar-refractivity contribution is 5.74. The van der Waals surface area contributed by atoms with Crippen LogP contribution in [0.15, 0.2) is 72.8 Å². The van der Waals surface area contributed by atoms with Crippen LogP contribution in [0, 0.1) is 35.2 Å². The zero-order valence-electron chi connectivity index (χ0n) is 27.4. The van der Waals surface area contributed by atoms with E-state index in [0.29, 0.717) is 23.1 Å². The van der Waals surface area contributed by atoms with Crippen molar-refractivity contribution in [3.63, 3.8) is 0 Å². The van der Waals surface area contributed by atoms with E-state index in [1.807, 2.05) is 24.3 Å². The zero-order chi connectivity index (χ0) is 31.6. The van der Waals surface area contributed by atoms with E-state index in [4.69, 9.17) is 0 Å². The number of unbranched alkanes of at least 4 members (excludes halogenated alkanes) is 4. The Kier molecular flexibility index (Phi) is 12.2. The number of benzene rings is 3. The minimum absolute atomic E-state index is 0.193. The third kappa shape index (κ3) is 8.60. The Morgan fingerprint density at radius 3 is 2.11 bits per heavy atom. The lowest BCUT2D eigenvalue weighted by Crippen LogP contribution is -2.23. The predicted molar refractivity (Wildman–Crippen MR) is 184 cm³/mol. The maximum atomic E-state index is 15.4. The Morgan fingerprint density at radius 1 is 0.711 bits per heavy atom. The summed E-state index contributed by atoms with van der Waals surface area (Å²) in [5.41, 5.74) is 4.81. The first-order chi connectivity index (χ1) is 22.0. The molecule has 3 aromatic carbocycles. The number of halogens is 3. The summed E-state index contributed by atoms with van der Waals surface area (Å²) < 4.78 is 45.3. The third-order valence-corrected chi connectivity index (χ3v) is 10.5. The molecule has 240 valence electrons. The fourth-order valence-electron chi connectivity index (χ4n) is 7.70. The Morgan fingerprint density at radius 2 is 1.42 bits per heavy atom. The first-order valence-corrected chi connectivity index (χ1v) is 17.7. The largest absolute Gasteiger partial charge is 0.206 e. The number of allylic oxidation sites excluding steroid dienone is 4. The Balaban J connectivity index is 1.18. The predicted octanol–water partition coefficient (Wildman–Crippen LogP) is 13.3. The quantitative estimate of drug-likeness (QED) is 0.133. The minimum Gasteiger partial charge on any atom is -0.206 e. The van der Waals surface area contributed by atoms with Crippen LogP contribution >= 0.6 is 0 Å². The summed E-state index contributed by atoms with van der Waals surface area (Å²) in [6.45, 7) is 4.27.